The van der Waals surface area contributed by atoms with Crippen molar-refractivity contribution in [2.45, 2.75) is 43.9 Å². The van der Waals surface area contributed by atoms with Crippen LogP contribution in [0.3, 0.4) is 0 Å². The zero-order valence-corrected chi connectivity index (χ0v) is 24.1. The molecule has 0 spiro atoms. The summed E-state index contributed by atoms with van der Waals surface area (Å²) >= 11 is 5.85. The third-order valence-electron chi connectivity index (χ3n) is 7.17. The van der Waals surface area contributed by atoms with E-state index in [2.05, 4.69) is 6.58 Å². The number of carbonyl (C=O) groups excluding carboxylic acids is 3. The van der Waals surface area contributed by atoms with Gasteiger partial charge in [0.15, 0.2) is 12.4 Å². The average Bonchev–Trinajstić information content (AvgIpc) is 3.29. The molecule has 5 atom stereocenters. The van der Waals surface area contributed by atoms with Gasteiger partial charge in [-0.3, -0.25) is 19.3 Å². The van der Waals surface area contributed by atoms with Crippen LogP contribution in [0.1, 0.15) is 31.8 Å². The molecule has 3 aromatic carbocycles. The molecule has 3 aromatic rings. The Morgan fingerprint density at radius 2 is 1.42 bits per heavy atom. The van der Waals surface area contributed by atoms with E-state index in [4.69, 9.17) is 35.3 Å². The summed E-state index contributed by atoms with van der Waals surface area (Å²) in [6.07, 6.45) is -2.69. The lowest BCUT2D eigenvalue weighted by atomic mass is 9.94. The summed E-state index contributed by atoms with van der Waals surface area (Å²) in [7, 11) is 0. The van der Waals surface area contributed by atoms with E-state index in [1.54, 1.807) is 24.3 Å². The van der Waals surface area contributed by atoms with Gasteiger partial charge in [0.2, 0.25) is 0 Å². The normalized spacial score (nSPS) is 23.2. The first-order valence-electron chi connectivity index (χ1n) is 13.9. The van der Waals surface area contributed by atoms with E-state index < -0.39 is 54.3 Å². The van der Waals surface area contributed by atoms with E-state index >= 15 is 0 Å². The number of halogens is 1. The van der Waals surface area contributed by atoms with Crippen molar-refractivity contribution in [1.82, 2.24) is 4.90 Å². The van der Waals surface area contributed by atoms with Crippen LogP contribution in [0.15, 0.2) is 97.6 Å². The number of amides is 2. The van der Waals surface area contributed by atoms with Crippen molar-refractivity contribution >= 4 is 29.4 Å². The monoisotopic (exact) mass is 605 g/mol. The van der Waals surface area contributed by atoms with Crippen LogP contribution in [0.5, 0.6) is 0 Å². The average molecular weight is 606 g/mol. The minimum atomic E-state index is -1.16. The van der Waals surface area contributed by atoms with Gasteiger partial charge in [0.1, 0.15) is 24.1 Å². The molecule has 9 nitrogen and oxygen atoms in total. The molecular weight excluding hydrogens is 574 g/mol. The Bertz CT molecular complexity index is 1380. The molecule has 0 radical (unpaired) electrons. The van der Waals surface area contributed by atoms with Gasteiger partial charge < -0.3 is 23.7 Å². The van der Waals surface area contributed by atoms with Crippen molar-refractivity contribution in [3.05, 3.63) is 120 Å². The van der Waals surface area contributed by atoms with Gasteiger partial charge in [-0.2, -0.15) is 0 Å². The Labute approximate surface area is 254 Å². The summed E-state index contributed by atoms with van der Waals surface area (Å²) in [5.41, 5.74) is 2.27. The maximum atomic E-state index is 13.7. The maximum absolute atomic E-state index is 13.7. The van der Waals surface area contributed by atoms with Gasteiger partial charge in [-0.25, -0.2) is 0 Å². The first kappa shape index (κ1) is 30.6. The molecule has 0 saturated carbocycles. The zero-order chi connectivity index (χ0) is 30.2. The van der Waals surface area contributed by atoms with Gasteiger partial charge in [-0.05, 0) is 23.3 Å². The summed E-state index contributed by atoms with van der Waals surface area (Å²) in [5, 5.41) is 0. The molecule has 10 heteroatoms. The van der Waals surface area contributed by atoms with Crippen LogP contribution in [0.25, 0.3) is 0 Å². The molecule has 43 heavy (non-hydrogen) atoms. The number of hydrogen-bond donors (Lipinski definition) is 0. The maximum Gasteiger partial charge on any atom is 0.321 e. The van der Waals surface area contributed by atoms with E-state index in [1.807, 2.05) is 60.7 Å². The van der Waals surface area contributed by atoms with Crippen LogP contribution in [0, 0.1) is 0 Å². The Hall–Kier alpha value is -3.86. The topological polar surface area (TPSA) is 101 Å². The van der Waals surface area contributed by atoms with E-state index in [1.165, 1.54) is 6.08 Å². The molecule has 2 heterocycles. The molecule has 1 saturated heterocycles. The Kier molecular flexibility index (Phi) is 10.3. The summed E-state index contributed by atoms with van der Waals surface area (Å²) in [6.45, 7) is 4.13. The van der Waals surface area contributed by atoms with Crippen molar-refractivity contribution in [2.24, 2.45) is 0 Å². The first-order chi connectivity index (χ1) is 21.0. The number of nitrogens with zero attached hydrogens (tertiary/aromatic N) is 1. The largest absolute Gasteiger partial charge is 0.456 e. The summed E-state index contributed by atoms with van der Waals surface area (Å²) in [6, 6.07) is 24.3. The highest BCUT2D eigenvalue weighted by Gasteiger charge is 2.56. The van der Waals surface area contributed by atoms with Crippen LogP contribution in [-0.4, -0.2) is 72.4 Å². The molecule has 2 amide bonds. The highest BCUT2D eigenvalue weighted by atomic mass is 35.5. The number of imide groups is 1. The van der Waals surface area contributed by atoms with Crippen LogP contribution in [0.2, 0.25) is 0 Å². The lowest BCUT2D eigenvalue weighted by Gasteiger charge is -2.47. The lowest BCUT2D eigenvalue weighted by molar-refractivity contribution is -0.290. The second-order valence-electron chi connectivity index (χ2n) is 10.0. The molecule has 224 valence electrons. The van der Waals surface area contributed by atoms with E-state index in [-0.39, 0.29) is 37.6 Å². The second-order valence-corrected chi connectivity index (χ2v) is 10.3. The summed E-state index contributed by atoms with van der Waals surface area (Å²) in [4.78, 5) is 41.1. The fourth-order valence-corrected chi connectivity index (χ4v) is 5.29. The van der Waals surface area contributed by atoms with E-state index in [0.29, 0.717) is 0 Å². The van der Waals surface area contributed by atoms with Crippen molar-refractivity contribution in [1.29, 1.82) is 0 Å². The number of benzene rings is 3. The first-order valence-corrected chi connectivity index (χ1v) is 14.4. The van der Waals surface area contributed by atoms with Crippen molar-refractivity contribution in [2.75, 3.05) is 19.1 Å². The van der Waals surface area contributed by atoms with Gasteiger partial charge in [-0.1, -0.05) is 78.9 Å². The minimum absolute atomic E-state index is 0.0108. The van der Waals surface area contributed by atoms with Gasteiger partial charge in [0.25, 0.3) is 11.8 Å². The molecule has 1 fully saturated rings. The third-order valence-corrected chi connectivity index (χ3v) is 7.39. The molecule has 0 aliphatic carbocycles. The molecule has 5 rings (SSSR count). The zero-order valence-electron chi connectivity index (χ0n) is 23.4. The van der Waals surface area contributed by atoms with Crippen LogP contribution in [0.4, 0.5) is 0 Å². The molecule has 0 unspecified atom stereocenters. The van der Waals surface area contributed by atoms with Gasteiger partial charge in [-0.15, -0.1) is 18.2 Å². The number of esters is 1. The number of fused-ring (bicyclic) bond motifs is 1. The van der Waals surface area contributed by atoms with E-state index in [9.17, 15) is 14.4 Å². The lowest BCUT2D eigenvalue weighted by Crippen LogP contribution is -2.67. The minimum Gasteiger partial charge on any atom is -0.456 e. The molecular formula is C33H32ClNO8. The van der Waals surface area contributed by atoms with Crippen molar-refractivity contribution in [3.8, 4) is 0 Å². The van der Waals surface area contributed by atoms with Gasteiger partial charge in [0.05, 0.1) is 37.6 Å². The summed E-state index contributed by atoms with van der Waals surface area (Å²) < 4.78 is 30.6. The second kappa shape index (κ2) is 14.5. The number of rotatable bonds is 13. The smallest absolute Gasteiger partial charge is 0.321 e. The molecule has 0 bridgehead atoms. The van der Waals surface area contributed by atoms with Gasteiger partial charge in [0, 0.05) is 0 Å². The Morgan fingerprint density at radius 3 is 2.00 bits per heavy atom. The molecule has 2 aliphatic rings. The quantitative estimate of drug-likeness (QED) is 0.121. The Morgan fingerprint density at radius 1 is 0.837 bits per heavy atom. The number of carbonyl (C=O) groups is 3. The van der Waals surface area contributed by atoms with Crippen LogP contribution < -0.4 is 0 Å². The highest BCUT2D eigenvalue weighted by molar-refractivity contribution is 6.26. The van der Waals surface area contributed by atoms with Crippen molar-refractivity contribution < 1.29 is 38.1 Å². The predicted molar refractivity (Wildman–Crippen MR) is 157 cm³/mol. The third kappa shape index (κ3) is 7.04. The molecule has 0 N–H and O–H groups in total. The van der Waals surface area contributed by atoms with Gasteiger partial charge >= 0.3 is 5.97 Å². The number of alkyl halides is 1. The predicted octanol–water partition coefficient (Wildman–Crippen LogP) is 4.53. The summed E-state index contributed by atoms with van der Waals surface area (Å²) in [5.74, 6) is -2.21. The molecule has 0 aromatic heterocycles. The van der Waals surface area contributed by atoms with Crippen LogP contribution >= 0.6 is 11.6 Å². The molecule has 2 aliphatic heterocycles. The Balaban J connectivity index is 1.51. The van der Waals surface area contributed by atoms with Crippen LogP contribution in [-0.2, 0) is 41.7 Å². The fraction of sp³-hybridized carbons (Fsp3) is 0.303. The number of hydrogen-bond acceptors (Lipinski definition) is 8. The highest BCUT2D eigenvalue weighted by Crippen LogP contribution is 2.36. The van der Waals surface area contributed by atoms with Crippen molar-refractivity contribution in [3.63, 3.8) is 0 Å². The van der Waals surface area contributed by atoms with E-state index in [0.717, 1.165) is 16.0 Å². The fourth-order valence-electron chi connectivity index (χ4n) is 5.23. The SMILES string of the molecule is C=CCO[C@@H]1O[C@H](COCc2ccccc2)[C@@H](OC(=O)CCl)[C@H](OCc2ccccc2)[C@H]1N1C(=O)c2ccccc2C1=O. The standard InChI is InChI=1S/C33H32ClNO8/c1-2-17-40-33-28(35-31(37)24-15-9-10-16-25(24)32(35)38)30(41-20-23-13-7-4-8-14-23)29(43-27(36)18-34)26(42-33)21-39-19-22-11-5-3-6-12-22/h2-16,26,28-30,33H,1,17-21H2/t26-,28-,29-,30-,33-/m1/s1. The number of ether oxygens (including phenoxy) is 5.